The highest BCUT2D eigenvalue weighted by Crippen LogP contribution is 2.55. The zero-order chi connectivity index (χ0) is 13.9. The van der Waals surface area contributed by atoms with Crippen molar-refractivity contribution in [3.63, 3.8) is 0 Å². The number of benzene rings is 1. The smallest absolute Gasteiger partial charge is 0.134 e. The van der Waals surface area contributed by atoms with Gasteiger partial charge in [0.15, 0.2) is 0 Å². The normalized spacial score (nSPS) is 22.7. The largest absolute Gasteiger partial charge is 0.308 e. The second kappa shape index (κ2) is 6.02. The first-order valence-corrected chi connectivity index (χ1v) is 8.26. The molecule has 0 spiro atoms. The molecule has 4 heteroatoms. The Hall–Kier alpha value is -1.26. The van der Waals surface area contributed by atoms with E-state index in [1.54, 1.807) is 11.3 Å². The minimum Gasteiger partial charge on any atom is -0.308 e. The topological polar surface area (TPSA) is 37.8 Å². The lowest BCUT2D eigenvalue weighted by Gasteiger charge is -2.10. The van der Waals surface area contributed by atoms with Crippen molar-refractivity contribution >= 4 is 11.3 Å². The van der Waals surface area contributed by atoms with Gasteiger partial charge in [0.05, 0.1) is 6.04 Å². The Labute approximate surface area is 124 Å². The van der Waals surface area contributed by atoms with Gasteiger partial charge in [-0.1, -0.05) is 55.5 Å². The Morgan fingerprint density at radius 2 is 2.00 bits per heavy atom. The molecule has 0 bridgehead atoms. The molecule has 1 heterocycles. The summed E-state index contributed by atoms with van der Waals surface area (Å²) in [4.78, 5) is 0. The van der Waals surface area contributed by atoms with Gasteiger partial charge < -0.3 is 5.32 Å². The zero-order valence-electron chi connectivity index (χ0n) is 12.0. The van der Waals surface area contributed by atoms with Crippen LogP contribution in [0.4, 0.5) is 0 Å². The van der Waals surface area contributed by atoms with Crippen LogP contribution in [0.5, 0.6) is 0 Å². The van der Waals surface area contributed by atoms with Crippen molar-refractivity contribution in [1.82, 2.24) is 15.5 Å². The van der Waals surface area contributed by atoms with E-state index < -0.39 is 0 Å². The summed E-state index contributed by atoms with van der Waals surface area (Å²) in [6, 6.07) is 11.1. The van der Waals surface area contributed by atoms with Crippen LogP contribution in [0.1, 0.15) is 60.1 Å². The maximum Gasteiger partial charge on any atom is 0.134 e. The van der Waals surface area contributed by atoms with E-state index >= 15 is 0 Å². The van der Waals surface area contributed by atoms with Crippen LogP contribution in [0.15, 0.2) is 30.3 Å². The Kier molecular flexibility index (Phi) is 4.13. The summed E-state index contributed by atoms with van der Waals surface area (Å²) in [6.45, 7) is 5.30. The number of nitrogens with zero attached hydrogens (tertiary/aromatic N) is 2. The minimum atomic E-state index is 0.361. The van der Waals surface area contributed by atoms with Crippen LogP contribution in [0.3, 0.4) is 0 Å². The van der Waals surface area contributed by atoms with Gasteiger partial charge >= 0.3 is 0 Å². The molecule has 1 aromatic carbocycles. The second-order valence-corrected chi connectivity index (χ2v) is 6.40. The van der Waals surface area contributed by atoms with Crippen molar-refractivity contribution in [1.29, 1.82) is 0 Å². The van der Waals surface area contributed by atoms with Gasteiger partial charge in [-0.2, -0.15) is 0 Å². The lowest BCUT2D eigenvalue weighted by molar-refractivity contribution is 0.530. The molecule has 3 rings (SSSR count). The summed E-state index contributed by atoms with van der Waals surface area (Å²) >= 11 is 1.79. The molecule has 3 nitrogen and oxygen atoms in total. The van der Waals surface area contributed by atoms with E-state index in [1.165, 1.54) is 17.0 Å². The summed E-state index contributed by atoms with van der Waals surface area (Å²) < 4.78 is 0. The van der Waals surface area contributed by atoms with Crippen molar-refractivity contribution in [3.05, 3.63) is 45.9 Å². The molecule has 3 unspecified atom stereocenters. The number of rotatable bonds is 6. The first kappa shape index (κ1) is 13.7. The van der Waals surface area contributed by atoms with Gasteiger partial charge in [0.1, 0.15) is 10.0 Å². The van der Waals surface area contributed by atoms with E-state index in [9.17, 15) is 0 Å². The molecule has 1 fully saturated rings. The van der Waals surface area contributed by atoms with E-state index in [4.69, 9.17) is 0 Å². The van der Waals surface area contributed by atoms with Crippen LogP contribution in [0.2, 0.25) is 0 Å². The maximum atomic E-state index is 4.43. The van der Waals surface area contributed by atoms with Crippen molar-refractivity contribution < 1.29 is 0 Å². The summed E-state index contributed by atoms with van der Waals surface area (Å²) in [5.74, 6) is 1.24. The third kappa shape index (κ3) is 2.76. The molecule has 1 aliphatic rings. The molecular weight excluding hydrogens is 266 g/mol. The maximum absolute atomic E-state index is 4.43. The van der Waals surface area contributed by atoms with Gasteiger partial charge in [-0.15, -0.1) is 10.2 Å². The SMILES string of the molecule is CCNC(CC)c1nnc(C2CC2c2ccccc2)s1. The fourth-order valence-corrected chi connectivity index (χ4v) is 3.91. The predicted molar refractivity (Wildman–Crippen MR) is 83.2 cm³/mol. The second-order valence-electron chi connectivity index (χ2n) is 5.36. The standard InChI is InChI=1S/C16H21N3S/c1-3-14(17-4-2)16-19-18-15(20-16)13-10-12(13)11-8-6-5-7-9-11/h5-9,12-14,17H,3-4,10H2,1-2H3. The van der Waals surface area contributed by atoms with E-state index in [1.807, 2.05) is 0 Å². The molecule has 1 aromatic heterocycles. The fourth-order valence-electron chi connectivity index (χ4n) is 2.73. The molecule has 3 atom stereocenters. The molecule has 1 aliphatic carbocycles. The summed E-state index contributed by atoms with van der Waals surface area (Å²) in [5.41, 5.74) is 1.44. The van der Waals surface area contributed by atoms with Gasteiger partial charge in [-0.3, -0.25) is 0 Å². The van der Waals surface area contributed by atoms with Crippen LogP contribution in [0, 0.1) is 0 Å². The Morgan fingerprint density at radius 3 is 2.70 bits per heavy atom. The molecule has 0 radical (unpaired) electrons. The average Bonchev–Trinajstić information content (AvgIpc) is 3.15. The third-order valence-corrected chi connectivity index (χ3v) is 5.12. The van der Waals surface area contributed by atoms with E-state index in [-0.39, 0.29) is 0 Å². The molecular formula is C16H21N3S. The van der Waals surface area contributed by atoms with Crippen molar-refractivity contribution in [2.75, 3.05) is 6.54 Å². The zero-order valence-corrected chi connectivity index (χ0v) is 12.9. The average molecular weight is 287 g/mol. The molecule has 0 amide bonds. The molecule has 0 aliphatic heterocycles. The van der Waals surface area contributed by atoms with Crippen molar-refractivity contribution in [2.24, 2.45) is 0 Å². The number of hydrogen-bond acceptors (Lipinski definition) is 4. The Bertz CT molecular complexity index is 552. The number of nitrogens with one attached hydrogen (secondary N) is 1. The summed E-state index contributed by atoms with van der Waals surface area (Å²) in [5, 5.41) is 14.7. The van der Waals surface area contributed by atoms with E-state index in [0.29, 0.717) is 17.9 Å². The third-order valence-electron chi connectivity index (χ3n) is 3.95. The summed E-state index contributed by atoms with van der Waals surface area (Å²) in [6.07, 6.45) is 2.28. The predicted octanol–water partition coefficient (Wildman–Crippen LogP) is 3.87. The first-order valence-electron chi connectivity index (χ1n) is 7.45. The Balaban J connectivity index is 1.70. The monoisotopic (exact) mass is 287 g/mol. The highest BCUT2D eigenvalue weighted by Gasteiger charge is 2.42. The van der Waals surface area contributed by atoms with E-state index in [0.717, 1.165) is 18.0 Å². The van der Waals surface area contributed by atoms with E-state index in [2.05, 4.69) is 59.7 Å². The first-order chi connectivity index (χ1) is 9.83. The number of hydrogen-bond donors (Lipinski definition) is 1. The minimum absolute atomic E-state index is 0.361. The van der Waals surface area contributed by atoms with Gasteiger partial charge in [-0.05, 0) is 30.9 Å². The lowest BCUT2D eigenvalue weighted by atomic mass is 10.1. The number of aromatic nitrogens is 2. The lowest BCUT2D eigenvalue weighted by Crippen LogP contribution is -2.19. The van der Waals surface area contributed by atoms with Gasteiger partial charge in [0, 0.05) is 5.92 Å². The van der Waals surface area contributed by atoms with Gasteiger partial charge in [0.25, 0.3) is 0 Å². The summed E-state index contributed by atoms with van der Waals surface area (Å²) in [7, 11) is 0. The highest BCUT2D eigenvalue weighted by molar-refractivity contribution is 7.11. The van der Waals surface area contributed by atoms with Gasteiger partial charge in [-0.25, -0.2) is 0 Å². The molecule has 1 N–H and O–H groups in total. The highest BCUT2D eigenvalue weighted by atomic mass is 32.1. The van der Waals surface area contributed by atoms with Crippen LogP contribution in [0.25, 0.3) is 0 Å². The molecule has 0 saturated heterocycles. The van der Waals surface area contributed by atoms with Crippen LogP contribution >= 0.6 is 11.3 Å². The van der Waals surface area contributed by atoms with Crippen LogP contribution < -0.4 is 5.32 Å². The van der Waals surface area contributed by atoms with Crippen LogP contribution in [-0.4, -0.2) is 16.7 Å². The van der Waals surface area contributed by atoms with Crippen molar-refractivity contribution in [2.45, 2.75) is 44.6 Å². The van der Waals surface area contributed by atoms with Crippen LogP contribution in [-0.2, 0) is 0 Å². The fraction of sp³-hybridized carbons (Fsp3) is 0.500. The molecule has 20 heavy (non-hydrogen) atoms. The molecule has 1 saturated carbocycles. The van der Waals surface area contributed by atoms with Gasteiger partial charge in [0.2, 0.25) is 0 Å². The quantitative estimate of drug-likeness (QED) is 0.876. The Morgan fingerprint density at radius 1 is 1.20 bits per heavy atom. The van der Waals surface area contributed by atoms with Crippen molar-refractivity contribution in [3.8, 4) is 0 Å². The molecule has 106 valence electrons. The molecule has 2 aromatic rings.